The number of nitrogens with zero attached hydrogens (tertiary/aromatic N) is 4. The molecule has 0 unspecified atom stereocenters. The van der Waals surface area contributed by atoms with E-state index >= 15 is 0 Å². The van der Waals surface area contributed by atoms with E-state index < -0.39 is 0 Å². The second-order valence-electron chi connectivity index (χ2n) is 12.5. The first-order valence-corrected chi connectivity index (χ1v) is 17.1. The zero-order valence-electron chi connectivity index (χ0n) is 27.4. The number of rotatable bonds is 12. The quantitative estimate of drug-likeness (QED) is 0.153. The molecule has 0 aliphatic carbocycles. The largest absolute Gasteiger partial charge is 0.488 e. The van der Waals surface area contributed by atoms with Gasteiger partial charge >= 0.3 is 0 Å². The molecule has 0 N–H and O–H groups in total. The number of carbonyl (C=O) groups excluding carboxylic acids is 1. The summed E-state index contributed by atoms with van der Waals surface area (Å²) in [6.07, 6.45) is 9.00. The normalized spacial score (nSPS) is 14.8. The molecule has 0 spiro atoms. The first-order chi connectivity index (χ1) is 23.5. The predicted molar refractivity (Wildman–Crippen MR) is 186 cm³/mol. The van der Waals surface area contributed by atoms with Crippen molar-refractivity contribution in [1.82, 2.24) is 14.8 Å². The maximum absolute atomic E-state index is 12.5. The third-order valence-electron chi connectivity index (χ3n) is 9.07. The number of halogens is 1. The number of piperidine rings is 1. The molecule has 0 atom stereocenters. The highest BCUT2D eigenvalue weighted by atomic mass is 35.5. The third kappa shape index (κ3) is 8.46. The van der Waals surface area contributed by atoms with Crippen LogP contribution in [0.5, 0.6) is 17.2 Å². The van der Waals surface area contributed by atoms with Gasteiger partial charge in [-0.3, -0.25) is 14.7 Å². The lowest BCUT2D eigenvalue weighted by Gasteiger charge is -2.27. The molecule has 0 bridgehead atoms. The molecule has 3 aromatic carbocycles. The van der Waals surface area contributed by atoms with Gasteiger partial charge in [0, 0.05) is 49.2 Å². The van der Waals surface area contributed by atoms with Crippen molar-refractivity contribution in [3.8, 4) is 34.4 Å². The molecular weight excluding hydrogens is 624 g/mol. The molecule has 248 valence electrons. The number of ether oxygens (including phenoxy) is 3. The van der Waals surface area contributed by atoms with Crippen LogP contribution in [-0.2, 0) is 24.6 Å². The van der Waals surface area contributed by atoms with Crippen LogP contribution in [0, 0.1) is 18.3 Å². The lowest BCUT2D eigenvalue weighted by molar-refractivity contribution is -0.132. The zero-order chi connectivity index (χ0) is 33.3. The van der Waals surface area contributed by atoms with E-state index in [0.717, 1.165) is 78.9 Å². The summed E-state index contributed by atoms with van der Waals surface area (Å²) >= 11 is 6.83. The summed E-state index contributed by atoms with van der Waals surface area (Å²) in [6.45, 7) is 7.17. The van der Waals surface area contributed by atoms with Crippen molar-refractivity contribution < 1.29 is 19.0 Å². The summed E-state index contributed by atoms with van der Waals surface area (Å²) in [7, 11) is 0. The van der Waals surface area contributed by atoms with Gasteiger partial charge in [0.05, 0.1) is 10.6 Å². The van der Waals surface area contributed by atoms with Crippen molar-refractivity contribution in [1.29, 1.82) is 5.26 Å². The number of hydrogen-bond acceptors (Lipinski definition) is 7. The van der Waals surface area contributed by atoms with Crippen molar-refractivity contribution in [3.63, 3.8) is 0 Å². The molecule has 1 aromatic heterocycles. The minimum atomic E-state index is 0.0326. The van der Waals surface area contributed by atoms with E-state index in [1.165, 1.54) is 19.3 Å². The molecule has 0 radical (unpaired) electrons. The second-order valence-corrected chi connectivity index (χ2v) is 12.9. The van der Waals surface area contributed by atoms with Crippen molar-refractivity contribution >= 4 is 17.5 Å². The molecule has 4 aromatic rings. The number of carbonyl (C=O) groups is 1. The van der Waals surface area contributed by atoms with Crippen LogP contribution in [0.3, 0.4) is 0 Å². The Labute approximate surface area is 287 Å². The molecule has 3 heterocycles. The highest BCUT2D eigenvalue weighted by molar-refractivity contribution is 6.32. The van der Waals surface area contributed by atoms with Gasteiger partial charge < -0.3 is 19.1 Å². The topological polar surface area (TPSA) is 87.9 Å². The first-order valence-electron chi connectivity index (χ1n) is 16.7. The lowest BCUT2D eigenvalue weighted by Crippen LogP contribution is -2.32. The molecule has 2 aliphatic rings. The monoisotopic (exact) mass is 664 g/mol. The Morgan fingerprint density at radius 3 is 2.44 bits per heavy atom. The fraction of sp³-hybridized carbons (Fsp3) is 0.359. The molecule has 2 fully saturated rings. The number of amides is 1. The minimum Gasteiger partial charge on any atom is -0.488 e. The number of aromatic nitrogens is 1. The summed E-state index contributed by atoms with van der Waals surface area (Å²) in [5.41, 5.74) is 6.49. The van der Waals surface area contributed by atoms with Gasteiger partial charge in [0.2, 0.25) is 0 Å². The highest BCUT2D eigenvalue weighted by Gasteiger charge is 2.19. The van der Waals surface area contributed by atoms with Crippen LogP contribution in [0.2, 0.25) is 5.02 Å². The third-order valence-corrected chi connectivity index (χ3v) is 9.37. The van der Waals surface area contributed by atoms with Crippen LogP contribution in [0.4, 0.5) is 0 Å². The Kier molecular flexibility index (Phi) is 11.1. The van der Waals surface area contributed by atoms with Crippen LogP contribution < -0.4 is 14.2 Å². The fourth-order valence-corrected chi connectivity index (χ4v) is 6.60. The van der Waals surface area contributed by atoms with Gasteiger partial charge in [0.1, 0.15) is 36.5 Å². The number of benzene rings is 3. The van der Waals surface area contributed by atoms with Gasteiger partial charge in [-0.2, -0.15) is 5.26 Å². The fourth-order valence-electron chi connectivity index (χ4n) is 6.36. The van der Waals surface area contributed by atoms with Crippen LogP contribution in [0.25, 0.3) is 11.1 Å². The van der Waals surface area contributed by atoms with Gasteiger partial charge in [0.15, 0.2) is 6.61 Å². The van der Waals surface area contributed by atoms with Crippen molar-refractivity contribution in [2.24, 2.45) is 0 Å². The van der Waals surface area contributed by atoms with Crippen molar-refractivity contribution in [3.05, 3.63) is 106 Å². The molecule has 8 nitrogen and oxygen atoms in total. The van der Waals surface area contributed by atoms with Crippen LogP contribution >= 0.6 is 11.6 Å². The summed E-state index contributed by atoms with van der Waals surface area (Å²) < 4.78 is 18.6. The maximum Gasteiger partial charge on any atom is 0.260 e. The van der Waals surface area contributed by atoms with Gasteiger partial charge in [-0.1, -0.05) is 48.4 Å². The maximum atomic E-state index is 12.5. The highest BCUT2D eigenvalue weighted by Crippen LogP contribution is 2.36. The summed E-state index contributed by atoms with van der Waals surface area (Å²) in [4.78, 5) is 21.0. The molecule has 1 amide bonds. The molecule has 48 heavy (non-hydrogen) atoms. The molecule has 6 rings (SSSR count). The molecule has 2 saturated heterocycles. The van der Waals surface area contributed by atoms with E-state index in [1.54, 1.807) is 18.5 Å². The standard InChI is InChI=1S/C39H41ClN4O4/c1-28-32(10-8-12-35(28)31-9-7-11-34(18-31)46-27-39(45)44-15-5-6-16-44)26-48-38-20-37(47-25-30-17-29(21-41)22-42-23-30)33(19-36(38)40)24-43-13-3-2-4-14-43/h7-12,17-20,22-23H,2-6,13-16,24-27H2,1H3. The van der Waals surface area contributed by atoms with Crippen LogP contribution in [0.1, 0.15) is 59.9 Å². The first kappa shape index (κ1) is 33.3. The Bertz CT molecular complexity index is 1780. The van der Waals surface area contributed by atoms with E-state index in [2.05, 4.69) is 35.0 Å². The van der Waals surface area contributed by atoms with E-state index in [9.17, 15) is 10.1 Å². The number of pyridine rings is 1. The van der Waals surface area contributed by atoms with Crippen LogP contribution in [-0.4, -0.2) is 53.5 Å². The van der Waals surface area contributed by atoms with Crippen molar-refractivity contribution in [2.45, 2.75) is 58.8 Å². The number of hydrogen-bond donors (Lipinski definition) is 0. The van der Waals surface area contributed by atoms with Gasteiger partial charge in [0.25, 0.3) is 5.91 Å². The SMILES string of the molecule is Cc1c(COc2cc(OCc3cncc(C#N)c3)c(CN3CCCCC3)cc2Cl)cccc1-c1cccc(OCC(=O)N2CCCC2)c1. The Morgan fingerprint density at radius 1 is 0.854 bits per heavy atom. The van der Waals surface area contributed by atoms with Gasteiger partial charge in [-0.25, -0.2) is 0 Å². The van der Waals surface area contributed by atoms with Crippen LogP contribution in [0.15, 0.2) is 73.1 Å². The lowest BCUT2D eigenvalue weighted by atomic mass is 9.96. The smallest absolute Gasteiger partial charge is 0.260 e. The molecule has 0 saturated carbocycles. The summed E-state index contributed by atoms with van der Waals surface area (Å²) in [5.74, 6) is 1.94. The van der Waals surface area contributed by atoms with E-state index in [-0.39, 0.29) is 19.1 Å². The Hall–Kier alpha value is -4.58. The molecule has 2 aliphatic heterocycles. The summed E-state index contributed by atoms with van der Waals surface area (Å²) in [5, 5.41) is 9.83. The summed E-state index contributed by atoms with van der Waals surface area (Å²) in [6, 6.07) is 21.8. The van der Waals surface area contributed by atoms with E-state index in [4.69, 9.17) is 25.8 Å². The predicted octanol–water partition coefficient (Wildman–Crippen LogP) is 7.73. The van der Waals surface area contributed by atoms with Gasteiger partial charge in [-0.15, -0.1) is 0 Å². The zero-order valence-corrected chi connectivity index (χ0v) is 28.2. The average molecular weight is 665 g/mol. The average Bonchev–Trinajstić information content (AvgIpc) is 3.67. The Balaban J connectivity index is 1.17. The van der Waals surface area contributed by atoms with E-state index in [0.29, 0.717) is 34.4 Å². The van der Waals surface area contributed by atoms with Gasteiger partial charge in [-0.05, 0) is 92.2 Å². The Morgan fingerprint density at radius 2 is 1.62 bits per heavy atom. The number of nitriles is 1. The number of likely N-dealkylation sites (tertiary alicyclic amines) is 2. The molecule has 9 heteroatoms. The van der Waals surface area contributed by atoms with E-state index in [1.807, 2.05) is 47.4 Å². The second kappa shape index (κ2) is 16.0. The molecular formula is C39H41ClN4O4. The minimum absolute atomic E-state index is 0.0326. The van der Waals surface area contributed by atoms with Crippen molar-refractivity contribution in [2.75, 3.05) is 32.8 Å².